The molecule has 0 saturated carbocycles. The van der Waals surface area contributed by atoms with Crippen molar-refractivity contribution in [2.45, 2.75) is 32.6 Å². The highest BCUT2D eigenvalue weighted by Crippen LogP contribution is 2.32. The molecule has 158 valence electrons. The number of nitrogen functional groups attached to an aromatic ring is 1. The van der Waals surface area contributed by atoms with E-state index in [-0.39, 0.29) is 11.6 Å². The minimum atomic E-state index is -3.48. The molecule has 3 aromatic rings. The van der Waals surface area contributed by atoms with Gasteiger partial charge in [0, 0.05) is 11.1 Å². The molecule has 0 unspecified atom stereocenters. The van der Waals surface area contributed by atoms with Crippen molar-refractivity contribution < 1.29 is 12.8 Å². The number of anilines is 2. The maximum absolute atomic E-state index is 14.8. The standard InChI is InChI=1S/C22H25FN4O2S/c1-2-3-4-7-12-30(28,29)27-20-9-6-5-8-17(20)16-10-11-18(19(23)13-16)21-14-26-22(24)15-25-21/h5-6,8-11,13-15,27H,2-4,7,12H2,1H3,(H2,24,26). The lowest BCUT2D eigenvalue weighted by Gasteiger charge is -2.13. The highest BCUT2D eigenvalue weighted by atomic mass is 32.2. The van der Waals surface area contributed by atoms with Crippen molar-refractivity contribution in [2.75, 3.05) is 16.2 Å². The summed E-state index contributed by atoms with van der Waals surface area (Å²) in [5, 5.41) is 0. The molecule has 0 atom stereocenters. The van der Waals surface area contributed by atoms with Crippen LogP contribution in [0.3, 0.4) is 0 Å². The summed E-state index contributed by atoms with van der Waals surface area (Å²) in [4.78, 5) is 8.04. The van der Waals surface area contributed by atoms with Gasteiger partial charge in [0.15, 0.2) is 0 Å². The van der Waals surface area contributed by atoms with E-state index >= 15 is 0 Å². The predicted octanol–water partition coefficient (Wildman–Crippen LogP) is 4.85. The van der Waals surface area contributed by atoms with Crippen LogP contribution in [0.15, 0.2) is 54.9 Å². The van der Waals surface area contributed by atoms with Crippen LogP contribution in [-0.4, -0.2) is 24.1 Å². The van der Waals surface area contributed by atoms with Crippen LogP contribution in [0.1, 0.15) is 32.6 Å². The quantitative estimate of drug-likeness (QED) is 0.475. The number of nitrogens with two attached hydrogens (primary N) is 1. The predicted molar refractivity (Wildman–Crippen MR) is 119 cm³/mol. The lowest BCUT2D eigenvalue weighted by atomic mass is 10.0. The van der Waals surface area contributed by atoms with Crippen LogP contribution in [0, 0.1) is 5.82 Å². The van der Waals surface area contributed by atoms with Gasteiger partial charge in [0.2, 0.25) is 10.0 Å². The molecule has 0 aliphatic rings. The third kappa shape index (κ3) is 5.54. The molecular weight excluding hydrogens is 403 g/mol. The van der Waals surface area contributed by atoms with Crippen LogP contribution >= 0.6 is 0 Å². The molecule has 6 nitrogen and oxygen atoms in total. The highest BCUT2D eigenvalue weighted by molar-refractivity contribution is 7.92. The van der Waals surface area contributed by atoms with Gasteiger partial charge in [0.1, 0.15) is 11.6 Å². The van der Waals surface area contributed by atoms with Crippen LogP contribution in [0.25, 0.3) is 22.4 Å². The van der Waals surface area contributed by atoms with Crippen molar-refractivity contribution in [2.24, 2.45) is 0 Å². The van der Waals surface area contributed by atoms with Gasteiger partial charge < -0.3 is 5.73 Å². The Hall–Kier alpha value is -3.00. The molecule has 0 fully saturated rings. The molecule has 0 aliphatic heterocycles. The minimum absolute atomic E-state index is 0.0600. The molecule has 1 aromatic heterocycles. The van der Waals surface area contributed by atoms with E-state index in [1.807, 2.05) is 0 Å². The summed E-state index contributed by atoms with van der Waals surface area (Å²) in [6, 6.07) is 11.6. The van der Waals surface area contributed by atoms with E-state index in [4.69, 9.17) is 5.73 Å². The average Bonchev–Trinajstić information content (AvgIpc) is 2.72. The Morgan fingerprint density at radius 3 is 2.50 bits per heavy atom. The number of sulfonamides is 1. The van der Waals surface area contributed by atoms with Gasteiger partial charge in [-0.25, -0.2) is 17.8 Å². The summed E-state index contributed by atoms with van der Waals surface area (Å²) in [6.45, 7) is 2.08. The van der Waals surface area contributed by atoms with E-state index in [9.17, 15) is 12.8 Å². The molecule has 3 N–H and O–H groups in total. The van der Waals surface area contributed by atoms with E-state index in [0.29, 0.717) is 34.5 Å². The lowest BCUT2D eigenvalue weighted by Crippen LogP contribution is -2.17. The number of nitrogens with zero attached hydrogens (tertiary/aromatic N) is 2. The Kier molecular flexibility index (Phi) is 6.99. The number of rotatable bonds is 9. The Bertz CT molecular complexity index is 1100. The Morgan fingerprint density at radius 1 is 1.00 bits per heavy atom. The van der Waals surface area contributed by atoms with Crippen LogP contribution in [0.5, 0.6) is 0 Å². The number of unbranched alkanes of at least 4 members (excludes halogenated alkanes) is 3. The van der Waals surface area contributed by atoms with E-state index in [2.05, 4.69) is 21.6 Å². The van der Waals surface area contributed by atoms with Crippen molar-refractivity contribution in [3.63, 3.8) is 0 Å². The van der Waals surface area contributed by atoms with E-state index in [1.54, 1.807) is 36.4 Å². The maximum Gasteiger partial charge on any atom is 0.232 e. The second-order valence-corrected chi connectivity index (χ2v) is 8.89. The third-order valence-electron chi connectivity index (χ3n) is 4.69. The van der Waals surface area contributed by atoms with Crippen molar-refractivity contribution in [1.29, 1.82) is 0 Å². The van der Waals surface area contributed by atoms with Gasteiger partial charge in [-0.2, -0.15) is 0 Å². The number of para-hydroxylation sites is 1. The normalized spacial score (nSPS) is 11.4. The van der Waals surface area contributed by atoms with Crippen molar-refractivity contribution >= 4 is 21.5 Å². The number of nitrogens with one attached hydrogen (secondary N) is 1. The Morgan fingerprint density at radius 2 is 1.80 bits per heavy atom. The zero-order valence-electron chi connectivity index (χ0n) is 16.8. The molecule has 30 heavy (non-hydrogen) atoms. The first-order valence-corrected chi connectivity index (χ1v) is 11.5. The van der Waals surface area contributed by atoms with Crippen LogP contribution < -0.4 is 10.5 Å². The number of hydrogen-bond donors (Lipinski definition) is 2. The fourth-order valence-corrected chi connectivity index (χ4v) is 4.33. The Balaban J connectivity index is 1.85. The number of benzene rings is 2. The monoisotopic (exact) mass is 428 g/mol. The number of hydrogen-bond acceptors (Lipinski definition) is 5. The molecule has 3 rings (SSSR count). The van der Waals surface area contributed by atoms with Gasteiger partial charge >= 0.3 is 0 Å². The molecule has 1 heterocycles. The van der Waals surface area contributed by atoms with Gasteiger partial charge in [-0.15, -0.1) is 0 Å². The topological polar surface area (TPSA) is 98.0 Å². The summed E-state index contributed by atoms with van der Waals surface area (Å²) in [5.74, 6) is -0.166. The summed E-state index contributed by atoms with van der Waals surface area (Å²) >= 11 is 0. The van der Waals surface area contributed by atoms with Crippen molar-refractivity contribution in [3.05, 3.63) is 60.7 Å². The molecule has 2 aromatic carbocycles. The number of aromatic nitrogens is 2. The maximum atomic E-state index is 14.8. The molecule has 0 spiro atoms. The van der Waals surface area contributed by atoms with Gasteiger partial charge in [0.05, 0.1) is 29.5 Å². The average molecular weight is 429 g/mol. The Labute approximate surface area is 176 Å². The SMILES string of the molecule is CCCCCCS(=O)(=O)Nc1ccccc1-c1ccc(-c2cnc(N)cn2)c(F)c1. The first-order chi connectivity index (χ1) is 14.4. The summed E-state index contributed by atoms with van der Waals surface area (Å²) < 4.78 is 42.4. The zero-order valence-corrected chi connectivity index (χ0v) is 17.6. The van der Waals surface area contributed by atoms with Crippen LogP contribution in [-0.2, 0) is 10.0 Å². The van der Waals surface area contributed by atoms with Crippen LogP contribution in [0.4, 0.5) is 15.9 Å². The fourth-order valence-electron chi connectivity index (χ4n) is 3.13. The largest absolute Gasteiger partial charge is 0.382 e. The molecule has 8 heteroatoms. The first kappa shape index (κ1) is 21.7. The summed E-state index contributed by atoms with van der Waals surface area (Å²) in [6.07, 6.45) is 6.31. The summed E-state index contributed by atoms with van der Waals surface area (Å²) in [7, 11) is -3.48. The molecule has 0 amide bonds. The second-order valence-electron chi connectivity index (χ2n) is 7.05. The van der Waals surface area contributed by atoms with Crippen molar-refractivity contribution in [1.82, 2.24) is 9.97 Å². The first-order valence-electron chi connectivity index (χ1n) is 9.87. The van der Waals surface area contributed by atoms with Gasteiger partial charge in [-0.1, -0.05) is 50.5 Å². The minimum Gasteiger partial charge on any atom is -0.382 e. The van der Waals surface area contributed by atoms with Gasteiger partial charge in [0.25, 0.3) is 0 Å². The third-order valence-corrected chi connectivity index (χ3v) is 6.04. The molecule has 0 aliphatic carbocycles. The molecule has 0 radical (unpaired) electrons. The second kappa shape index (κ2) is 9.67. The molecular formula is C22H25FN4O2S. The van der Waals surface area contributed by atoms with E-state index in [0.717, 1.165) is 19.3 Å². The fraction of sp³-hybridized carbons (Fsp3) is 0.273. The lowest BCUT2D eigenvalue weighted by molar-refractivity contribution is 0.594. The van der Waals surface area contributed by atoms with Gasteiger partial charge in [-0.05, 0) is 30.2 Å². The van der Waals surface area contributed by atoms with Crippen molar-refractivity contribution in [3.8, 4) is 22.4 Å². The highest BCUT2D eigenvalue weighted by Gasteiger charge is 2.15. The molecule has 0 bridgehead atoms. The van der Waals surface area contributed by atoms with Gasteiger partial charge in [-0.3, -0.25) is 9.71 Å². The molecule has 0 saturated heterocycles. The zero-order chi connectivity index (χ0) is 21.6. The number of halogens is 1. The summed E-state index contributed by atoms with van der Waals surface area (Å²) in [5.41, 5.74) is 7.78. The van der Waals surface area contributed by atoms with E-state index in [1.165, 1.54) is 18.5 Å². The van der Waals surface area contributed by atoms with E-state index < -0.39 is 15.8 Å². The smallest absolute Gasteiger partial charge is 0.232 e. The van der Waals surface area contributed by atoms with Crippen LogP contribution in [0.2, 0.25) is 0 Å².